The number of carboxylic acid groups (broad SMARTS) is 1. The molecule has 2 N–H and O–H groups in total. The molecule has 0 atom stereocenters. The third kappa shape index (κ3) is 3.98. The number of carbonyl (C=O) groups is 1. The number of aliphatic hydroxyl groups is 1. The Hall–Kier alpha value is -3.19. The minimum Gasteiger partial charge on any atom is -0.476 e. The molecule has 0 fully saturated rings. The number of aliphatic hydroxyl groups excluding tert-OH is 1. The predicted molar refractivity (Wildman–Crippen MR) is 102 cm³/mol. The first-order chi connectivity index (χ1) is 13.0. The number of rotatable bonds is 7. The van der Waals surface area contributed by atoms with Gasteiger partial charge in [-0.05, 0) is 36.6 Å². The highest BCUT2D eigenvalue weighted by Gasteiger charge is 2.24. The Morgan fingerprint density at radius 3 is 2.48 bits per heavy atom. The molecule has 0 bridgehead atoms. The summed E-state index contributed by atoms with van der Waals surface area (Å²) in [5, 5.41) is 27.8. The largest absolute Gasteiger partial charge is 0.476 e. The highest BCUT2D eigenvalue weighted by atomic mass is 16.4. The Balaban J connectivity index is 2.05. The molecule has 0 radical (unpaired) electrons. The average molecular weight is 366 g/mol. The van der Waals surface area contributed by atoms with Gasteiger partial charge in [0.15, 0.2) is 5.82 Å². The molecule has 0 saturated carbocycles. The summed E-state index contributed by atoms with van der Waals surface area (Å²) < 4.78 is 0. The molecule has 7 heteroatoms. The zero-order chi connectivity index (χ0) is 19.4. The lowest BCUT2D eigenvalue weighted by atomic mass is 10.1. The lowest BCUT2D eigenvalue weighted by Gasteiger charge is -2.21. The molecule has 3 rings (SSSR count). The van der Waals surface area contributed by atoms with E-state index in [1.165, 1.54) is 4.80 Å². The molecule has 3 aromatic rings. The van der Waals surface area contributed by atoms with Crippen LogP contribution in [0.15, 0.2) is 48.5 Å². The summed E-state index contributed by atoms with van der Waals surface area (Å²) >= 11 is 0. The molecule has 140 valence electrons. The van der Waals surface area contributed by atoms with Crippen LogP contribution in [-0.2, 0) is 6.54 Å². The first kappa shape index (κ1) is 18.6. The molecule has 2 aromatic carbocycles. The van der Waals surface area contributed by atoms with Gasteiger partial charge in [0.05, 0.1) is 12.3 Å². The molecule has 1 heterocycles. The van der Waals surface area contributed by atoms with Crippen molar-refractivity contribution < 1.29 is 15.0 Å². The second-order valence-electron chi connectivity index (χ2n) is 6.32. The van der Waals surface area contributed by atoms with Crippen molar-refractivity contribution in [3.8, 4) is 5.69 Å². The predicted octanol–water partition coefficient (Wildman–Crippen LogP) is 2.58. The maximum atomic E-state index is 11.8. The van der Waals surface area contributed by atoms with Crippen LogP contribution < -0.4 is 4.90 Å². The zero-order valence-electron chi connectivity index (χ0n) is 15.3. The van der Waals surface area contributed by atoms with Gasteiger partial charge in [-0.15, -0.1) is 15.0 Å². The molecule has 0 saturated heterocycles. The number of hydrogen-bond donors (Lipinski definition) is 2. The Labute approximate surface area is 157 Å². The number of benzene rings is 2. The van der Waals surface area contributed by atoms with Gasteiger partial charge in [-0.25, -0.2) is 4.79 Å². The minimum atomic E-state index is -1.16. The normalized spacial score (nSPS) is 10.8. The van der Waals surface area contributed by atoms with Crippen LogP contribution in [0.3, 0.4) is 0 Å². The monoisotopic (exact) mass is 366 g/mol. The smallest absolute Gasteiger partial charge is 0.360 e. The molecule has 0 aliphatic rings. The molecule has 0 aliphatic carbocycles. The summed E-state index contributed by atoms with van der Waals surface area (Å²) in [6, 6.07) is 15.4. The van der Waals surface area contributed by atoms with Crippen molar-refractivity contribution in [2.45, 2.75) is 20.4 Å². The molecular formula is C20H22N4O3. The van der Waals surface area contributed by atoms with Crippen molar-refractivity contribution in [1.29, 1.82) is 0 Å². The second kappa shape index (κ2) is 8.01. The van der Waals surface area contributed by atoms with E-state index in [1.54, 1.807) is 4.90 Å². The Kier molecular flexibility index (Phi) is 5.52. The van der Waals surface area contributed by atoms with Gasteiger partial charge in [0.2, 0.25) is 5.69 Å². The first-order valence-corrected chi connectivity index (χ1v) is 8.68. The van der Waals surface area contributed by atoms with Crippen molar-refractivity contribution in [1.82, 2.24) is 15.0 Å². The zero-order valence-corrected chi connectivity index (χ0v) is 15.3. The number of aromatic carboxylic acids is 1. The Morgan fingerprint density at radius 2 is 1.81 bits per heavy atom. The van der Waals surface area contributed by atoms with Crippen molar-refractivity contribution in [3.05, 3.63) is 70.9 Å². The van der Waals surface area contributed by atoms with Crippen LogP contribution in [0.4, 0.5) is 5.82 Å². The highest BCUT2D eigenvalue weighted by molar-refractivity contribution is 5.91. The summed E-state index contributed by atoms with van der Waals surface area (Å²) in [5.41, 5.74) is 3.63. The standard InChI is InChI=1S/C20H22N4O3/c1-14-7-6-10-17(15(14)2)24-21-18(20(26)27)19(22-24)23(11-12-25)13-16-8-4-3-5-9-16/h3-10,25H,11-13H2,1-2H3,(H,26,27). The van der Waals surface area contributed by atoms with E-state index in [1.807, 2.05) is 62.4 Å². The summed E-state index contributed by atoms with van der Waals surface area (Å²) in [7, 11) is 0. The van der Waals surface area contributed by atoms with E-state index in [-0.39, 0.29) is 24.7 Å². The quantitative estimate of drug-likeness (QED) is 0.668. The third-order valence-corrected chi connectivity index (χ3v) is 4.48. The first-order valence-electron chi connectivity index (χ1n) is 8.68. The van der Waals surface area contributed by atoms with Crippen molar-refractivity contribution in [2.75, 3.05) is 18.1 Å². The van der Waals surface area contributed by atoms with E-state index in [0.29, 0.717) is 6.54 Å². The fourth-order valence-electron chi connectivity index (χ4n) is 2.89. The minimum absolute atomic E-state index is 0.123. The van der Waals surface area contributed by atoms with Gasteiger partial charge in [-0.3, -0.25) is 0 Å². The SMILES string of the molecule is Cc1cccc(-n2nc(C(=O)O)c(N(CCO)Cc3ccccc3)n2)c1C. The summed E-state index contributed by atoms with van der Waals surface area (Å²) in [6.07, 6.45) is 0. The van der Waals surface area contributed by atoms with Gasteiger partial charge >= 0.3 is 5.97 Å². The second-order valence-corrected chi connectivity index (χ2v) is 6.32. The van der Waals surface area contributed by atoms with Crippen LogP contribution in [-0.4, -0.2) is 44.3 Å². The molecular weight excluding hydrogens is 344 g/mol. The van der Waals surface area contributed by atoms with Crippen molar-refractivity contribution in [3.63, 3.8) is 0 Å². The van der Waals surface area contributed by atoms with E-state index < -0.39 is 5.97 Å². The lowest BCUT2D eigenvalue weighted by Crippen LogP contribution is -2.28. The summed E-state index contributed by atoms with van der Waals surface area (Å²) in [6.45, 7) is 4.48. The Morgan fingerprint density at radius 1 is 1.07 bits per heavy atom. The molecule has 7 nitrogen and oxygen atoms in total. The summed E-state index contributed by atoms with van der Waals surface area (Å²) in [5.74, 6) is -0.918. The molecule has 0 amide bonds. The maximum Gasteiger partial charge on any atom is 0.360 e. The third-order valence-electron chi connectivity index (χ3n) is 4.48. The van der Waals surface area contributed by atoms with E-state index >= 15 is 0 Å². The highest BCUT2D eigenvalue weighted by Crippen LogP contribution is 2.22. The van der Waals surface area contributed by atoms with E-state index in [4.69, 9.17) is 0 Å². The molecule has 27 heavy (non-hydrogen) atoms. The number of aryl methyl sites for hydroxylation is 1. The van der Waals surface area contributed by atoms with Gasteiger partial charge in [0.1, 0.15) is 0 Å². The van der Waals surface area contributed by atoms with E-state index in [0.717, 1.165) is 22.4 Å². The molecule has 0 unspecified atom stereocenters. The number of anilines is 1. The lowest BCUT2D eigenvalue weighted by molar-refractivity contribution is 0.0690. The van der Waals surface area contributed by atoms with Crippen LogP contribution in [0, 0.1) is 13.8 Å². The van der Waals surface area contributed by atoms with Gasteiger partial charge in [-0.2, -0.15) is 0 Å². The van der Waals surface area contributed by atoms with Crippen LogP contribution in [0.1, 0.15) is 27.2 Å². The van der Waals surface area contributed by atoms with Crippen LogP contribution >= 0.6 is 0 Å². The van der Waals surface area contributed by atoms with Crippen LogP contribution in [0.2, 0.25) is 0 Å². The number of nitrogens with zero attached hydrogens (tertiary/aromatic N) is 4. The van der Waals surface area contributed by atoms with Gasteiger partial charge in [0.25, 0.3) is 0 Å². The fraction of sp³-hybridized carbons (Fsp3) is 0.250. The van der Waals surface area contributed by atoms with Gasteiger partial charge in [-0.1, -0.05) is 42.5 Å². The van der Waals surface area contributed by atoms with E-state index in [9.17, 15) is 15.0 Å². The average Bonchev–Trinajstić information content (AvgIpc) is 3.10. The fourth-order valence-corrected chi connectivity index (χ4v) is 2.89. The van der Waals surface area contributed by atoms with Crippen molar-refractivity contribution in [2.24, 2.45) is 0 Å². The van der Waals surface area contributed by atoms with Crippen molar-refractivity contribution >= 4 is 11.8 Å². The van der Waals surface area contributed by atoms with E-state index in [2.05, 4.69) is 10.2 Å². The Bertz CT molecular complexity index is 938. The van der Waals surface area contributed by atoms with Gasteiger partial charge < -0.3 is 15.1 Å². The molecule has 0 aliphatic heterocycles. The number of hydrogen-bond acceptors (Lipinski definition) is 5. The van der Waals surface area contributed by atoms with Crippen LogP contribution in [0.25, 0.3) is 5.69 Å². The van der Waals surface area contributed by atoms with Crippen LogP contribution in [0.5, 0.6) is 0 Å². The summed E-state index contributed by atoms with van der Waals surface area (Å²) in [4.78, 5) is 14.9. The maximum absolute atomic E-state index is 11.8. The van der Waals surface area contributed by atoms with Gasteiger partial charge in [0, 0.05) is 13.1 Å². The molecule has 1 aromatic heterocycles. The number of aromatic nitrogens is 3. The topological polar surface area (TPSA) is 91.5 Å². The molecule has 0 spiro atoms. The number of carboxylic acids is 1.